The van der Waals surface area contributed by atoms with Gasteiger partial charge in [0, 0.05) is 50.9 Å². The predicted molar refractivity (Wildman–Crippen MR) is 151 cm³/mol. The van der Waals surface area contributed by atoms with Crippen molar-refractivity contribution in [2.75, 3.05) is 50.6 Å². The van der Waals surface area contributed by atoms with Crippen LogP contribution in [0.5, 0.6) is 0 Å². The number of rotatable bonds is 6. The lowest BCUT2D eigenvalue weighted by Crippen LogP contribution is -2.40. The Morgan fingerprint density at radius 1 is 1.10 bits per heavy atom. The molecule has 1 fully saturated rings. The molecule has 1 aromatic carbocycles. The molecule has 0 aliphatic carbocycles. The number of carbonyl (C=O) groups is 1. The van der Waals surface area contributed by atoms with Crippen molar-refractivity contribution in [1.82, 2.24) is 14.9 Å². The number of benzene rings is 1. The lowest BCUT2D eigenvalue weighted by Gasteiger charge is -2.32. The van der Waals surface area contributed by atoms with Gasteiger partial charge < -0.3 is 19.9 Å². The average Bonchev–Trinajstić information content (AvgIpc) is 2.94. The molecule has 0 atom stereocenters. The molecule has 0 spiro atoms. The molecule has 0 bridgehead atoms. The minimum absolute atomic E-state index is 0.0624. The van der Waals surface area contributed by atoms with E-state index in [2.05, 4.69) is 19.9 Å². The van der Waals surface area contributed by atoms with Crippen LogP contribution in [0, 0.1) is 5.82 Å². The lowest BCUT2D eigenvalue weighted by atomic mass is 10.0. The van der Waals surface area contributed by atoms with Crippen molar-refractivity contribution in [1.29, 1.82) is 0 Å². The van der Waals surface area contributed by atoms with Crippen LogP contribution in [0.4, 0.5) is 35.0 Å². The molecule has 1 saturated heterocycles. The maximum absolute atomic E-state index is 14.7. The van der Waals surface area contributed by atoms with Crippen LogP contribution in [-0.2, 0) is 17.6 Å². The van der Waals surface area contributed by atoms with E-state index in [1.165, 1.54) is 32.4 Å². The van der Waals surface area contributed by atoms with Crippen LogP contribution in [0.1, 0.15) is 60.6 Å². The summed E-state index contributed by atoms with van der Waals surface area (Å²) in [6, 6.07) is 4.15. The van der Waals surface area contributed by atoms with Gasteiger partial charge in [0.05, 0.1) is 23.9 Å². The fourth-order valence-corrected chi connectivity index (χ4v) is 5.31. The molecular formula is C29H36F4N6O2. The number of amidine groups is 1. The average molecular weight is 577 g/mol. The number of aliphatic imine (C=N–C) groups is 1. The second-order valence-corrected chi connectivity index (χ2v) is 10.1. The van der Waals surface area contributed by atoms with Gasteiger partial charge in [-0.2, -0.15) is 18.2 Å². The Morgan fingerprint density at radius 2 is 1.85 bits per heavy atom. The maximum Gasteiger partial charge on any atom is 0.419 e. The number of nitrogens with one attached hydrogen (secondary N) is 1. The molecule has 0 saturated carbocycles. The molecule has 1 aromatic heterocycles. The number of alkyl halides is 3. The second-order valence-electron chi connectivity index (χ2n) is 10.1. The minimum atomic E-state index is -4.51. The predicted octanol–water partition coefficient (Wildman–Crippen LogP) is 5.85. The Balaban J connectivity index is 1.68. The Kier molecular flexibility index (Phi) is 9.82. The van der Waals surface area contributed by atoms with Crippen LogP contribution in [-0.4, -0.2) is 73.2 Å². The lowest BCUT2D eigenvalue weighted by molar-refractivity contribution is -0.0872. The number of esters is 1. The number of allylic oxidation sites excluding steroid dienone is 1. The first-order valence-electron chi connectivity index (χ1n) is 13.9. The highest BCUT2D eigenvalue weighted by Gasteiger charge is 2.38. The Bertz CT molecular complexity index is 1300. The van der Waals surface area contributed by atoms with Crippen molar-refractivity contribution < 1.29 is 27.1 Å². The molecule has 222 valence electrons. The van der Waals surface area contributed by atoms with E-state index < -0.39 is 23.5 Å². The van der Waals surface area contributed by atoms with E-state index in [0.717, 1.165) is 43.6 Å². The van der Waals surface area contributed by atoms with Crippen LogP contribution in [0.2, 0.25) is 0 Å². The second kappa shape index (κ2) is 13.3. The van der Waals surface area contributed by atoms with Crippen LogP contribution >= 0.6 is 0 Å². The van der Waals surface area contributed by atoms with Gasteiger partial charge >= 0.3 is 12.1 Å². The molecule has 12 heteroatoms. The Hall–Kier alpha value is -3.70. The van der Waals surface area contributed by atoms with Gasteiger partial charge in [0.25, 0.3) is 0 Å². The van der Waals surface area contributed by atoms with Crippen LogP contribution in [0.3, 0.4) is 0 Å². The zero-order chi connectivity index (χ0) is 29.6. The number of nitrogens with zero attached hydrogens (tertiary/aromatic N) is 5. The van der Waals surface area contributed by atoms with Crippen molar-refractivity contribution >= 4 is 29.3 Å². The van der Waals surface area contributed by atoms with E-state index >= 15 is 0 Å². The summed E-state index contributed by atoms with van der Waals surface area (Å²) in [6.07, 6.45) is 1.50. The third-order valence-corrected chi connectivity index (χ3v) is 7.30. The monoisotopic (exact) mass is 576 g/mol. The number of aromatic nitrogens is 2. The third kappa shape index (κ3) is 7.15. The maximum atomic E-state index is 14.7. The first-order valence-corrected chi connectivity index (χ1v) is 13.9. The fraction of sp³-hybridized carbons (Fsp3) is 0.517. The highest BCUT2D eigenvalue weighted by atomic mass is 19.4. The molecule has 2 aliphatic rings. The molecule has 2 aromatic rings. The van der Waals surface area contributed by atoms with Gasteiger partial charge in [-0.3, -0.25) is 4.99 Å². The molecule has 0 unspecified atom stereocenters. The standard InChI is InChI=1S/C29H36F4N6O2/c1-4-9-22(29(31,32)33)26(34-2)38-16-8-10-21-24(13-17-38)36-28(39-14-6-5-7-15-39)37-25(21)35-19-11-12-20(23(30)18-19)27(40)41-3/h9,11-12,18H,4-8,10,13-17H2,1-3H3,(H,35,36,37)/b22-9+,34-26?. The SMILES string of the molecule is CC/C=C(\C(=NC)N1CCCc2c(nc(N3CCCCC3)nc2Nc2ccc(C(=O)OC)c(F)c2)CC1)C(F)(F)F. The smallest absolute Gasteiger partial charge is 0.419 e. The largest absolute Gasteiger partial charge is 0.465 e. The summed E-state index contributed by atoms with van der Waals surface area (Å²) in [4.78, 5) is 29.4. The summed E-state index contributed by atoms with van der Waals surface area (Å²) in [5.41, 5.74) is 1.10. The molecule has 41 heavy (non-hydrogen) atoms. The normalized spacial score (nSPS) is 17.0. The molecular weight excluding hydrogens is 540 g/mol. The number of piperidine rings is 1. The molecule has 0 radical (unpaired) electrons. The number of ether oxygens (including phenoxy) is 1. The van der Waals surface area contributed by atoms with E-state index in [1.807, 2.05) is 0 Å². The Morgan fingerprint density at radius 3 is 2.49 bits per heavy atom. The molecule has 0 amide bonds. The zero-order valence-corrected chi connectivity index (χ0v) is 23.7. The van der Waals surface area contributed by atoms with Gasteiger partial charge in [0.1, 0.15) is 17.5 Å². The van der Waals surface area contributed by atoms with Gasteiger partial charge in [0.2, 0.25) is 5.95 Å². The summed E-state index contributed by atoms with van der Waals surface area (Å²) in [7, 11) is 2.58. The fourth-order valence-electron chi connectivity index (χ4n) is 5.31. The van der Waals surface area contributed by atoms with Gasteiger partial charge in [-0.1, -0.05) is 13.0 Å². The van der Waals surface area contributed by atoms with Crippen molar-refractivity contribution in [2.24, 2.45) is 4.99 Å². The highest BCUT2D eigenvalue weighted by Crippen LogP contribution is 2.32. The quantitative estimate of drug-likeness (QED) is 0.200. The molecule has 4 rings (SSSR count). The van der Waals surface area contributed by atoms with Gasteiger partial charge in [-0.05, 0) is 56.7 Å². The zero-order valence-electron chi connectivity index (χ0n) is 23.7. The van der Waals surface area contributed by atoms with E-state index in [0.29, 0.717) is 49.8 Å². The van der Waals surface area contributed by atoms with Gasteiger partial charge in [-0.25, -0.2) is 14.2 Å². The number of anilines is 3. The number of fused-ring (bicyclic) bond motifs is 1. The summed E-state index contributed by atoms with van der Waals surface area (Å²) >= 11 is 0. The third-order valence-electron chi connectivity index (χ3n) is 7.30. The van der Waals surface area contributed by atoms with Crippen molar-refractivity contribution in [3.63, 3.8) is 0 Å². The van der Waals surface area contributed by atoms with E-state index in [1.54, 1.807) is 17.9 Å². The summed E-state index contributed by atoms with van der Waals surface area (Å²) in [5, 5.41) is 3.22. The molecule has 8 nitrogen and oxygen atoms in total. The van der Waals surface area contributed by atoms with Crippen LogP contribution in [0.25, 0.3) is 0 Å². The van der Waals surface area contributed by atoms with E-state index in [9.17, 15) is 22.4 Å². The highest BCUT2D eigenvalue weighted by molar-refractivity contribution is 5.99. The Labute approximate surface area is 237 Å². The number of hydrogen-bond acceptors (Lipinski definition) is 7. The number of carbonyl (C=O) groups excluding carboxylic acids is 1. The van der Waals surface area contributed by atoms with E-state index in [-0.39, 0.29) is 17.8 Å². The van der Waals surface area contributed by atoms with Crippen molar-refractivity contribution in [3.8, 4) is 0 Å². The van der Waals surface area contributed by atoms with Crippen LogP contribution in [0.15, 0.2) is 34.8 Å². The topological polar surface area (TPSA) is 83.0 Å². The molecule has 3 heterocycles. The summed E-state index contributed by atoms with van der Waals surface area (Å²) in [5.74, 6) is -0.489. The van der Waals surface area contributed by atoms with Crippen LogP contribution < -0.4 is 10.2 Å². The van der Waals surface area contributed by atoms with Crippen molar-refractivity contribution in [2.45, 2.75) is 58.0 Å². The molecule has 1 N–H and O–H groups in total. The van der Waals surface area contributed by atoms with E-state index in [4.69, 9.17) is 9.97 Å². The summed E-state index contributed by atoms with van der Waals surface area (Å²) < 4.78 is 61.0. The first kappa shape index (κ1) is 30.3. The number of hydrogen-bond donors (Lipinski definition) is 1. The number of halogens is 4. The molecule has 2 aliphatic heterocycles. The number of methoxy groups -OCH3 is 1. The first-order chi connectivity index (χ1) is 19.7. The summed E-state index contributed by atoms with van der Waals surface area (Å²) in [6.45, 7) is 3.95. The van der Waals surface area contributed by atoms with Gasteiger partial charge in [-0.15, -0.1) is 0 Å². The minimum Gasteiger partial charge on any atom is -0.465 e. The van der Waals surface area contributed by atoms with Gasteiger partial charge in [0.15, 0.2) is 0 Å². The van der Waals surface area contributed by atoms with Crippen molar-refractivity contribution in [3.05, 3.63) is 52.5 Å².